The fraction of sp³-hybridized carbons (Fsp3) is 0. The minimum absolute atomic E-state index is 0.662. The van der Waals surface area contributed by atoms with Gasteiger partial charge in [-0.25, -0.2) is 9.97 Å². The highest BCUT2D eigenvalue weighted by Gasteiger charge is 2.10. The number of imidazole rings is 1. The Bertz CT molecular complexity index is 1190. The maximum absolute atomic E-state index is 5.91. The molecule has 5 nitrogen and oxygen atoms in total. The van der Waals surface area contributed by atoms with Crippen molar-refractivity contribution in [2.75, 3.05) is 0 Å². The number of nitrogens with zero attached hydrogens (tertiary/aromatic N) is 2. The van der Waals surface area contributed by atoms with Crippen molar-refractivity contribution in [3.05, 3.63) is 85.3 Å². The van der Waals surface area contributed by atoms with Gasteiger partial charge in [0.05, 0.1) is 11.8 Å². The average Bonchev–Trinajstić information content (AvgIpc) is 3.38. The molecule has 0 atom stereocenters. The van der Waals surface area contributed by atoms with Crippen molar-refractivity contribution >= 4 is 11.2 Å². The van der Waals surface area contributed by atoms with E-state index in [0.717, 1.165) is 39.7 Å². The third-order valence-electron chi connectivity index (χ3n) is 4.23. The Kier molecular flexibility index (Phi) is 3.68. The number of rotatable bonds is 4. The highest BCUT2D eigenvalue weighted by molar-refractivity contribution is 5.80. The van der Waals surface area contributed by atoms with Gasteiger partial charge in [0.25, 0.3) is 0 Å². The lowest BCUT2D eigenvalue weighted by Crippen LogP contribution is -1.85. The van der Waals surface area contributed by atoms with Crippen LogP contribution in [0.5, 0.6) is 11.5 Å². The summed E-state index contributed by atoms with van der Waals surface area (Å²) in [5, 5.41) is 0. The number of furan rings is 1. The summed E-state index contributed by atoms with van der Waals surface area (Å²) in [6, 6.07) is 23.3. The van der Waals surface area contributed by atoms with E-state index in [1.807, 2.05) is 72.8 Å². The van der Waals surface area contributed by atoms with Gasteiger partial charge >= 0.3 is 0 Å². The van der Waals surface area contributed by atoms with Gasteiger partial charge < -0.3 is 14.1 Å². The predicted octanol–water partition coefficient (Wildman–Crippen LogP) is 5.68. The first kappa shape index (κ1) is 15.4. The van der Waals surface area contributed by atoms with Crippen molar-refractivity contribution in [2.45, 2.75) is 0 Å². The number of nitrogens with one attached hydrogen (secondary N) is 1. The van der Waals surface area contributed by atoms with E-state index in [1.165, 1.54) is 0 Å². The molecule has 130 valence electrons. The molecule has 2 aromatic carbocycles. The molecule has 5 aromatic rings. The molecule has 0 saturated carbocycles. The first-order chi connectivity index (χ1) is 13.3. The van der Waals surface area contributed by atoms with Crippen molar-refractivity contribution in [1.29, 1.82) is 0 Å². The van der Waals surface area contributed by atoms with Crippen molar-refractivity contribution < 1.29 is 9.15 Å². The lowest BCUT2D eigenvalue weighted by atomic mass is 10.2. The molecule has 5 heteroatoms. The van der Waals surface area contributed by atoms with E-state index in [2.05, 4.69) is 15.0 Å². The molecule has 0 aliphatic carbocycles. The predicted molar refractivity (Wildman–Crippen MR) is 104 cm³/mol. The van der Waals surface area contributed by atoms with Gasteiger partial charge in [-0.3, -0.25) is 0 Å². The topological polar surface area (TPSA) is 63.9 Å². The quantitative estimate of drug-likeness (QED) is 0.452. The largest absolute Gasteiger partial charge is 0.464 e. The Morgan fingerprint density at radius 2 is 1.70 bits per heavy atom. The van der Waals surface area contributed by atoms with E-state index in [-0.39, 0.29) is 0 Å². The Morgan fingerprint density at radius 1 is 0.815 bits per heavy atom. The lowest BCUT2D eigenvalue weighted by Gasteiger charge is -2.06. The van der Waals surface area contributed by atoms with Crippen LogP contribution in [0.25, 0.3) is 33.9 Å². The van der Waals surface area contributed by atoms with Gasteiger partial charge in [0.15, 0.2) is 5.65 Å². The van der Waals surface area contributed by atoms with Gasteiger partial charge in [0.2, 0.25) is 0 Å². The molecular weight excluding hydrogens is 338 g/mol. The summed E-state index contributed by atoms with van der Waals surface area (Å²) in [4.78, 5) is 12.4. The van der Waals surface area contributed by atoms with E-state index < -0.39 is 0 Å². The molecular formula is C22H15N3O2. The fourth-order valence-electron chi connectivity index (χ4n) is 2.95. The SMILES string of the molecule is c1ccc(Oc2cccc(-c3nc4ncc(-c5ccco5)cc4[nH]3)c2)cc1. The monoisotopic (exact) mass is 353 g/mol. The van der Waals surface area contributed by atoms with E-state index >= 15 is 0 Å². The second-order valence-corrected chi connectivity index (χ2v) is 6.10. The zero-order chi connectivity index (χ0) is 18.1. The Morgan fingerprint density at radius 3 is 2.56 bits per heavy atom. The zero-order valence-corrected chi connectivity index (χ0v) is 14.3. The van der Waals surface area contributed by atoms with Crippen molar-refractivity contribution in [1.82, 2.24) is 15.0 Å². The van der Waals surface area contributed by atoms with Gasteiger partial charge in [-0.2, -0.15) is 0 Å². The number of benzene rings is 2. The van der Waals surface area contributed by atoms with Crippen LogP contribution >= 0.6 is 0 Å². The van der Waals surface area contributed by atoms with Crippen LogP contribution in [-0.4, -0.2) is 15.0 Å². The normalized spacial score (nSPS) is 11.0. The van der Waals surface area contributed by atoms with E-state index in [9.17, 15) is 0 Å². The maximum atomic E-state index is 5.91. The van der Waals surface area contributed by atoms with Gasteiger partial charge in [-0.1, -0.05) is 30.3 Å². The number of H-pyrrole nitrogens is 1. The Balaban J connectivity index is 1.49. The van der Waals surface area contributed by atoms with Gasteiger partial charge in [-0.15, -0.1) is 0 Å². The molecule has 0 unspecified atom stereocenters. The fourth-order valence-corrected chi connectivity index (χ4v) is 2.95. The van der Waals surface area contributed by atoms with E-state index in [4.69, 9.17) is 9.15 Å². The molecule has 0 radical (unpaired) electrons. The van der Waals surface area contributed by atoms with Crippen LogP contribution in [0.15, 0.2) is 89.7 Å². The first-order valence-corrected chi connectivity index (χ1v) is 8.58. The summed E-state index contributed by atoms with van der Waals surface area (Å²) >= 11 is 0. The maximum Gasteiger partial charge on any atom is 0.178 e. The number of ether oxygens (including phenoxy) is 1. The van der Waals surface area contributed by atoms with Crippen LogP contribution in [0.1, 0.15) is 0 Å². The highest BCUT2D eigenvalue weighted by atomic mass is 16.5. The minimum atomic E-state index is 0.662. The highest BCUT2D eigenvalue weighted by Crippen LogP contribution is 2.28. The zero-order valence-electron chi connectivity index (χ0n) is 14.3. The molecule has 3 heterocycles. The third-order valence-corrected chi connectivity index (χ3v) is 4.23. The number of aromatic nitrogens is 3. The summed E-state index contributed by atoms with van der Waals surface area (Å²) in [7, 11) is 0. The van der Waals surface area contributed by atoms with Crippen LogP contribution in [0.4, 0.5) is 0 Å². The molecule has 0 aliphatic heterocycles. The van der Waals surface area contributed by atoms with E-state index in [1.54, 1.807) is 12.5 Å². The molecule has 0 saturated heterocycles. The lowest BCUT2D eigenvalue weighted by molar-refractivity contribution is 0.483. The van der Waals surface area contributed by atoms with Gasteiger partial charge in [0, 0.05) is 17.3 Å². The summed E-state index contributed by atoms with van der Waals surface area (Å²) in [5.41, 5.74) is 3.35. The number of aromatic amines is 1. The third kappa shape index (κ3) is 3.06. The number of hydrogen-bond donors (Lipinski definition) is 1. The minimum Gasteiger partial charge on any atom is -0.464 e. The van der Waals surface area contributed by atoms with Crippen LogP contribution in [0, 0.1) is 0 Å². The standard InChI is InChI=1S/C22H15N3O2/c1-2-7-17(8-3-1)27-18-9-4-6-15(12-18)21-24-19-13-16(14-23-22(19)25-21)20-10-5-11-26-20/h1-14H,(H,23,24,25). The molecule has 0 fully saturated rings. The van der Waals surface area contributed by atoms with Crippen LogP contribution in [-0.2, 0) is 0 Å². The Hall–Kier alpha value is -3.86. The molecule has 27 heavy (non-hydrogen) atoms. The molecule has 0 amide bonds. The van der Waals surface area contributed by atoms with E-state index in [0.29, 0.717) is 5.65 Å². The van der Waals surface area contributed by atoms with Gasteiger partial charge in [0.1, 0.15) is 23.1 Å². The second kappa shape index (κ2) is 6.46. The van der Waals surface area contributed by atoms with Crippen LogP contribution in [0.3, 0.4) is 0 Å². The smallest absolute Gasteiger partial charge is 0.178 e. The Labute approximate surface area is 155 Å². The molecule has 0 bridgehead atoms. The molecule has 0 spiro atoms. The molecule has 0 aliphatic rings. The summed E-state index contributed by atoms with van der Waals surface area (Å²) in [6.45, 7) is 0. The second-order valence-electron chi connectivity index (χ2n) is 6.10. The number of para-hydroxylation sites is 1. The van der Waals surface area contributed by atoms with Crippen LogP contribution in [0.2, 0.25) is 0 Å². The van der Waals surface area contributed by atoms with Crippen molar-refractivity contribution in [3.8, 4) is 34.2 Å². The molecule has 5 rings (SSSR count). The summed E-state index contributed by atoms with van der Waals surface area (Å²) in [5.74, 6) is 3.07. The summed E-state index contributed by atoms with van der Waals surface area (Å²) < 4.78 is 11.4. The van der Waals surface area contributed by atoms with Crippen molar-refractivity contribution in [2.24, 2.45) is 0 Å². The van der Waals surface area contributed by atoms with Crippen LogP contribution < -0.4 is 4.74 Å². The summed E-state index contributed by atoms with van der Waals surface area (Å²) in [6.07, 6.45) is 3.41. The molecule has 3 aromatic heterocycles. The number of hydrogen-bond acceptors (Lipinski definition) is 4. The van der Waals surface area contributed by atoms with Crippen molar-refractivity contribution in [3.63, 3.8) is 0 Å². The molecule has 1 N–H and O–H groups in total. The number of pyridine rings is 1. The first-order valence-electron chi connectivity index (χ1n) is 8.58. The number of fused-ring (bicyclic) bond motifs is 1. The van der Waals surface area contributed by atoms with Gasteiger partial charge in [-0.05, 0) is 42.5 Å². The average molecular weight is 353 g/mol.